The van der Waals surface area contributed by atoms with E-state index in [1.165, 1.54) is 24.3 Å². The summed E-state index contributed by atoms with van der Waals surface area (Å²) >= 11 is 0. The highest BCUT2D eigenvalue weighted by Crippen LogP contribution is 2.33. The van der Waals surface area contributed by atoms with Gasteiger partial charge in [-0.1, -0.05) is 99.9 Å². The van der Waals surface area contributed by atoms with Gasteiger partial charge >= 0.3 is 0 Å². The average Bonchev–Trinajstić information content (AvgIpc) is 3.56. The fourth-order valence-electron chi connectivity index (χ4n) is 6.49. The van der Waals surface area contributed by atoms with Gasteiger partial charge < -0.3 is 28.4 Å². The van der Waals surface area contributed by atoms with Crippen LogP contribution in [0.15, 0.2) is 161 Å². The lowest BCUT2D eigenvalue weighted by Crippen LogP contribution is -2.32. The molecule has 0 saturated heterocycles. The normalized spacial score (nSPS) is 9.68. The quantitative estimate of drug-likeness (QED) is 0.0131. The largest absolute Gasteiger partial charge is 0.489 e. The summed E-state index contributed by atoms with van der Waals surface area (Å²) in [6.07, 6.45) is 9.25. The molecule has 0 aliphatic rings. The molecule has 0 aliphatic heterocycles. The first-order valence-electron chi connectivity index (χ1n) is 23.4. The van der Waals surface area contributed by atoms with Gasteiger partial charge in [0.05, 0.1) is 33.4 Å². The zero-order valence-corrected chi connectivity index (χ0v) is 43.4. The van der Waals surface area contributed by atoms with E-state index in [0.717, 1.165) is 11.1 Å². The van der Waals surface area contributed by atoms with E-state index in [1.807, 2.05) is 10.9 Å². The second kappa shape index (κ2) is 34.2. The van der Waals surface area contributed by atoms with Crippen molar-refractivity contribution in [2.75, 3.05) is 39.6 Å². The number of carbonyl (C=O) groups is 6. The molecule has 80 heavy (non-hydrogen) atoms. The zero-order chi connectivity index (χ0) is 59.0. The monoisotopic (exact) mass is 1090 g/mol. The Morgan fingerprint density at radius 3 is 0.775 bits per heavy atom. The molecule has 0 atom stereocenters. The number of carbonyl (C=O) groups excluding carboxylic acids is 6. The number of amides is 6. The van der Waals surface area contributed by atoms with Gasteiger partial charge in [-0.3, -0.25) is 61.3 Å². The Morgan fingerprint density at radius 1 is 0.325 bits per heavy atom. The third-order valence-corrected chi connectivity index (χ3v) is 10.1. The van der Waals surface area contributed by atoms with E-state index in [1.54, 1.807) is 97.1 Å². The van der Waals surface area contributed by atoms with Gasteiger partial charge in [-0.25, -0.2) is 35.1 Å². The summed E-state index contributed by atoms with van der Waals surface area (Å²) in [7, 11) is 0. The van der Waals surface area contributed by atoms with Crippen molar-refractivity contribution in [3.63, 3.8) is 0 Å². The van der Waals surface area contributed by atoms with Crippen molar-refractivity contribution in [2.45, 2.75) is 0 Å². The molecule has 0 aliphatic carbocycles. The predicted octanol–water partition coefficient (Wildman–Crippen LogP) is 3.14. The SMILES string of the molecule is C=CCOc1cc(-c2ccc(C(=O)NN)c(OCC=C)c2)ccc1C(=O)NN.C=CCOc1cc(C#Cc2ccc(C(=O)NN)c(OCC=C)c2)ccc1C(=O)NN.C=CCOc1cc(C(=O)NN)c(OCC=C)cc1C(=O)NN. The Kier molecular flexibility index (Phi) is 27.3. The minimum Gasteiger partial charge on any atom is -0.489 e. The highest BCUT2D eigenvalue weighted by molar-refractivity contribution is 6.02. The number of ether oxygens (including phenoxy) is 6. The fourth-order valence-corrected chi connectivity index (χ4v) is 6.49. The molecule has 0 fully saturated rings. The Balaban J connectivity index is 0.000000319. The second-order valence-electron chi connectivity index (χ2n) is 15.4. The van der Waals surface area contributed by atoms with Crippen LogP contribution in [0.4, 0.5) is 0 Å². The van der Waals surface area contributed by atoms with Gasteiger partial charge in [-0.15, -0.1) is 0 Å². The van der Waals surface area contributed by atoms with Gasteiger partial charge in [-0.2, -0.15) is 0 Å². The average molecular weight is 1100 g/mol. The first kappa shape index (κ1) is 63.8. The summed E-state index contributed by atoms with van der Waals surface area (Å²) in [4.78, 5) is 71.3. The summed E-state index contributed by atoms with van der Waals surface area (Å²) in [6, 6.07) is 22.5. The molecule has 24 heteroatoms. The number of hydrazine groups is 6. The Bertz CT molecular complexity index is 2950. The number of rotatable bonds is 25. The van der Waals surface area contributed by atoms with E-state index in [2.05, 4.69) is 73.0 Å². The Labute approximate surface area is 461 Å². The van der Waals surface area contributed by atoms with Crippen molar-refractivity contribution in [2.24, 2.45) is 35.1 Å². The van der Waals surface area contributed by atoms with Crippen LogP contribution >= 0.6 is 0 Å². The molecule has 5 rings (SSSR count). The highest BCUT2D eigenvalue weighted by Gasteiger charge is 2.22. The molecule has 0 heterocycles. The molecular formula is C56H62N12O12. The fraction of sp³-hybridized carbons (Fsp3) is 0.107. The van der Waals surface area contributed by atoms with Crippen LogP contribution < -0.4 is 96.0 Å². The molecule has 0 radical (unpaired) electrons. The van der Waals surface area contributed by atoms with E-state index >= 15 is 0 Å². The van der Waals surface area contributed by atoms with Gasteiger partial charge in [0.25, 0.3) is 35.4 Å². The van der Waals surface area contributed by atoms with Gasteiger partial charge in [0.2, 0.25) is 0 Å². The maximum Gasteiger partial charge on any atom is 0.269 e. The van der Waals surface area contributed by atoms with Crippen molar-refractivity contribution < 1.29 is 57.2 Å². The molecule has 24 nitrogen and oxygen atoms in total. The van der Waals surface area contributed by atoms with Gasteiger partial charge in [0.15, 0.2) is 0 Å². The number of nitrogen functional groups attached to an aromatic ring is 6. The molecule has 0 bridgehead atoms. The lowest BCUT2D eigenvalue weighted by Gasteiger charge is -2.15. The van der Waals surface area contributed by atoms with Gasteiger partial charge in [-0.05, 0) is 83.9 Å². The lowest BCUT2D eigenvalue weighted by molar-refractivity contribution is 0.0935. The van der Waals surface area contributed by atoms with Crippen molar-refractivity contribution in [1.82, 2.24) is 32.6 Å². The maximum atomic E-state index is 11.9. The van der Waals surface area contributed by atoms with Crippen LogP contribution in [0.5, 0.6) is 34.5 Å². The van der Waals surface area contributed by atoms with Crippen LogP contribution in [-0.4, -0.2) is 75.1 Å². The lowest BCUT2D eigenvalue weighted by atomic mass is 10.0. The van der Waals surface area contributed by atoms with Crippen molar-refractivity contribution in [3.05, 3.63) is 205 Å². The molecule has 5 aromatic carbocycles. The van der Waals surface area contributed by atoms with Crippen LogP contribution in [0.2, 0.25) is 0 Å². The minimum atomic E-state index is -0.595. The third kappa shape index (κ3) is 18.6. The topological polar surface area (TPSA) is 386 Å². The van der Waals surface area contributed by atoms with Crippen LogP contribution in [0, 0.1) is 11.8 Å². The molecule has 0 saturated carbocycles. The van der Waals surface area contributed by atoms with Crippen LogP contribution in [-0.2, 0) is 0 Å². The van der Waals surface area contributed by atoms with Crippen LogP contribution in [0.3, 0.4) is 0 Å². The van der Waals surface area contributed by atoms with E-state index in [-0.39, 0.29) is 84.5 Å². The zero-order valence-electron chi connectivity index (χ0n) is 43.4. The smallest absolute Gasteiger partial charge is 0.269 e. The van der Waals surface area contributed by atoms with Gasteiger partial charge in [0, 0.05) is 11.1 Å². The molecule has 0 spiro atoms. The molecule has 0 unspecified atom stereocenters. The first-order valence-corrected chi connectivity index (χ1v) is 23.4. The van der Waals surface area contributed by atoms with E-state index in [4.69, 9.17) is 63.5 Å². The van der Waals surface area contributed by atoms with Gasteiger partial charge in [0.1, 0.15) is 74.1 Å². The molecule has 0 aromatic heterocycles. The molecule has 6 amide bonds. The molecule has 418 valence electrons. The van der Waals surface area contributed by atoms with E-state index in [0.29, 0.717) is 34.1 Å². The van der Waals surface area contributed by atoms with Crippen molar-refractivity contribution in [1.29, 1.82) is 0 Å². The standard InChI is InChI=1S/C22H22N4O4.C20H22N4O4.C14H18N4O4/c1-3-11-29-19-13-15(7-9-17(19)21(27)25-23)5-6-16-8-10-18(22(28)26-24)20(14-16)30-12-4-2;1-3-9-27-17-11-13(5-7-15(17)19(25)23-21)14-6-8-16(20(26)24-22)18(12-14)28-10-4-2;1-3-5-21-11-7-10(14(20)18-16)12(22-6-4-2)8-9(11)13(19)17-15/h3-4,7-10,13-14H,1-2,11-12,23-24H2,(H,25,27)(H,26,28);3-8,11-12H,1-2,9-10,21-22H2,(H,23,25)(H,24,26);3-4,7-8H,1-2,5-6,15-16H2,(H,17,19)(H,18,20). The second-order valence-corrected chi connectivity index (χ2v) is 15.4. The predicted molar refractivity (Wildman–Crippen MR) is 301 cm³/mol. The number of hydrogen-bond donors (Lipinski definition) is 12. The summed E-state index contributed by atoms with van der Waals surface area (Å²) in [5.74, 6) is 35.7. The summed E-state index contributed by atoms with van der Waals surface area (Å²) in [6.45, 7) is 22.6. The summed E-state index contributed by atoms with van der Waals surface area (Å²) < 4.78 is 33.0. The molecular weight excluding hydrogens is 1030 g/mol. The minimum absolute atomic E-state index is 0.108. The Hall–Kier alpha value is -10.5. The summed E-state index contributed by atoms with van der Waals surface area (Å²) in [5, 5.41) is 0. The van der Waals surface area contributed by atoms with E-state index in [9.17, 15) is 28.8 Å². The number of nitrogens with one attached hydrogen (secondary N) is 6. The molecule has 5 aromatic rings. The number of benzene rings is 5. The number of nitrogens with two attached hydrogens (primary N) is 6. The molecule has 18 N–H and O–H groups in total. The first-order chi connectivity index (χ1) is 38.7. The van der Waals surface area contributed by atoms with Crippen LogP contribution in [0.25, 0.3) is 11.1 Å². The van der Waals surface area contributed by atoms with Crippen molar-refractivity contribution >= 4 is 35.4 Å². The number of hydrogen-bond acceptors (Lipinski definition) is 18. The van der Waals surface area contributed by atoms with Crippen LogP contribution in [0.1, 0.15) is 73.3 Å². The van der Waals surface area contributed by atoms with Crippen molar-refractivity contribution in [3.8, 4) is 57.5 Å². The highest BCUT2D eigenvalue weighted by atomic mass is 16.5. The third-order valence-electron chi connectivity index (χ3n) is 10.1. The Morgan fingerprint density at radius 2 is 0.537 bits per heavy atom. The maximum absolute atomic E-state index is 11.9. The van der Waals surface area contributed by atoms with E-state index < -0.39 is 35.4 Å². The summed E-state index contributed by atoms with van der Waals surface area (Å²) in [5.41, 5.74) is 16.4.